The van der Waals surface area contributed by atoms with Crippen LogP contribution in [0.3, 0.4) is 0 Å². The highest BCUT2D eigenvalue weighted by Gasteiger charge is 2.32. The molecule has 3 rings (SSSR count). The Hall–Kier alpha value is -2.22. The molecule has 0 fully saturated rings. The van der Waals surface area contributed by atoms with Gasteiger partial charge in [0.25, 0.3) is 0 Å². The Morgan fingerprint density at radius 3 is 1.65 bits per heavy atom. The minimum absolute atomic E-state index is 0.153. The molecule has 0 unspecified atom stereocenters. The summed E-state index contributed by atoms with van der Waals surface area (Å²) in [6.07, 6.45) is 7.77. The van der Waals surface area contributed by atoms with E-state index in [9.17, 15) is 10.2 Å². The first-order chi connectivity index (χ1) is 9.71. The van der Waals surface area contributed by atoms with Crippen LogP contribution >= 0.6 is 0 Å². The summed E-state index contributed by atoms with van der Waals surface area (Å²) < 4.78 is 0. The molecule has 0 saturated carbocycles. The number of rotatable bonds is 2. The van der Waals surface area contributed by atoms with Crippen molar-refractivity contribution in [3.05, 3.63) is 71.8 Å². The molecule has 0 amide bonds. The van der Waals surface area contributed by atoms with E-state index in [2.05, 4.69) is 12.2 Å². The van der Waals surface area contributed by atoms with Gasteiger partial charge in [-0.15, -0.1) is 0 Å². The van der Waals surface area contributed by atoms with Gasteiger partial charge in [0.1, 0.15) is 11.5 Å². The van der Waals surface area contributed by atoms with E-state index >= 15 is 0 Å². The van der Waals surface area contributed by atoms with E-state index in [-0.39, 0.29) is 16.9 Å². The molecule has 1 aliphatic carbocycles. The van der Waals surface area contributed by atoms with Crippen molar-refractivity contribution in [2.45, 2.75) is 24.7 Å². The van der Waals surface area contributed by atoms with E-state index in [0.717, 1.165) is 19.3 Å². The van der Waals surface area contributed by atoms with Gasteiger partial charge in [0.05, 0.1) is 0 Å². The molecule has 2 aromatic rings. The third-order valence-electron chi connectivity index (χ3n) is 4.11. The van der Waals surface area contributed by atoms with Crippen LogP contribution in [0.25, 0.3) is 0 Å². The number of benzene rings is 2. The lowest BCUT2D eigenvalue weighted by Gasteiger charge is -2.34. The van der Waals surface area contributed by atoms with E-state index in [1.165, 1.54) is 11.1 Å². The number of phenolic OH excluding ortho intramolecular Hbond substituents is 2. The van der Waals surface area contributed by atoms with E-state index in [4.69, 9.17) is 0 Å². The van der Waals surface area contributed by atoms with Gasteiger partial charge >= 0.3 is 0 Å². The largest absolute Gasteiger partial charge is 0.508 e. The molecule has 20 heavy (non-hydrogen) atoms. The van der Waals surface area contributed by atoms with Crippen molar-refractivity contribution in [2.75, 3.05) is 0 Å². The molecule has 0 spiro atoms. The molecule has 0 bridgehead atoms. The Balaban J connectivity index is 2.13. The van der Waals surface area contributed by atoms with Crippen molar-refractivity contribution >= 4 is 0 Å². The summed E-state index contributed by atoms with van der Waals surface area (Å²) >= 11 is 0. The maximum absolute atomic E-state index is 9.49. The molecular formula is C18H18O2. The highest BCUT2D eigenvalue weighted by Crippen LogP contribution is 2.42. The number of hydrogen-bond donors (Lipinski definition) is 2. The Bertz CT molecular complexity index is 563. The third kappa shape index (κ3) is 2.18. The summed E-state index contributed by atoms with van der Waals surface area (Å²) in [4.78, 5) is 0. The molecule has 2 N–H and O–H groups in total. The first-order valence-electron chi connectivity index (χ1n) is 6.97. The number of aromatic hydroxyl groups is 2. The first-order valence-corrected chi connectivity index (χ1v) is 6.97. The van der Waals surface area contributed by atoms with Crippen LogP contribution in [0.5, 0.6) is 11.5 Å². The van der Waals surface area contributed by atoms with Gasteiger partial charge < -0.3 is 10.2 Å². The van der Waals surface area contributed by atoms with Gasteiger partial charge in [0, 0.05) is 5.41 Å². The van der Waals surface area contributed by atoms with Crippen molar-refractivity contribution in [3.63, 3.8) is 0 Å². The Morgan fingerprint density at radius 2 is 1.25 bits per heavy atom. The first kappa shape index (κ1) is 12.8. The molecule has 2 nitrogen and oxygen atoms in total. The minimum Gasteiger partial charge on any atom is -0.508 e. The smallest absolute Gasteiger partial charge is 0.115 e. The number of allylic oxidation sites excluding steroid dienone is 2. The second kappa shape index (κ2) is 5.04. The zero-order valence-electron chi connectivity index (χ0n) is 11.3. The number of phenols is 2. The second-order valence-electron chi connectivity index (χ2n) is 5.36. The van der Waals surface area contributed by atoms with Crippen LogP contribution in [0.1, 0.15) is 30.4 Å². The Labute approximate surface area is 119 Å². The van der Waals surface area contributed by atoms with Crippen LogP contribution in [0.4, 0.5) is 0 Å². The summed E-state index contributed by atoms with van der Waals surface area (Å²) in [6, 6.07) is 14.9. The predicted octanol–water partition coefficient (Wildman–Crippen LogP) is 4.12. The monoisotopic (exact) mass is 266 g/mol. The topological polar surface area (TPSA) is 40.5 Å². The highest BCUT2D eigenvalue weighted by atomic mass is 16.3. The van der Waals surface area contributed by atoms with E-state index in [0.29, 0.717) is 0 Å². The summed E-state index contributed by atoms with van der Waals surface area (Å²) in [6.45, 7) is 0. The third-order valence-corrected chi connectivity index (χ3v) is 4.11. The molecule has 0 aliphatic heterocycles. The van der Waals surface area contributed by atoms with Crippen LogP contribution in [0, 0.1) is 0 Å². The van der Waals surface area contributed by atoms with Gasteiger partial charge in [0.2, 0.25) is 0 Å². The minimum atomic E-state index is -0.153. The zero-order valence-corrected chi connectivity index (χ0v) is 11.3. The molecule has 0 saturated heterocycles. The normalized spacial score (nSPS) is 17.0. The van der Waals surface area contributed by atoms with Crippen LogP contribution in [-0.2, 0) is 5.41 Å². The van der Waals surface area contributed by atoms with Gasteiger partial charge in [-0.2, -0.15) is 0 Å². The van der Waals surface area contributed by atoms with Crippen LogP contribution in [0.15, 0.2) is 60.7 Å². The highest BCUT2D eigenvalue weighted by molar-refractivity contribution is 5.47. The van der Waals surface area contributed by atoms with Crippen molar-refractivity contribution in [2.24, 2.45) is 0 Å². The van der Waals surface area contributed by atoms with E-state index in [1.54, 1.807) is 24.3 Å². The summed E-state index contributed by atoms with van der Waals surface area (Å²) in [5, 5.41) is 19.0. The standard InChI is InChI=1S/C18H18O2/c19-16-8-4-14(5-9-16)18(12-2-1-3-13-18)15-6-10-17(20)11-7-15/h2,4-12,19-20H,1,3,13H2. The maximum Gasteiger partial charge on any atom is 0.115 e. The van der Waals surface area contributed by atoms with Crippen LogP contribution in [0.2, 0.25) is 0 Å². The molecule has 0 aromatic heterocycles. The fourth-order valence-electron chi connectivity index (χ4n) is 3.03. The SMILES string of the molecule is Oc1ccc(C2(c3ccc(O)cc3)C=CCCC2)cc1. The van der Waals surface area contributed by atoms with E-state index < -0.39 is 0 Å². The van der Waals surface area contributed by atoms with Crippen molar-refractivity contribution < 1.29 is 10.2 Å². The molecule has 102 valence electrons. The number of hydrogen-bond acceptors (Lipinski definition) is 2. The molecule has 0 atom stereocenters. The summed E-state index contributed by atoms with van der Waals surface area (Å²) in [7, 11) is 0. The predicted molar refractivity (Wildman–Crippen MR) is 80.0 cm³/mol. The van der Waals surface area contributed by atoms with Crippen molar-refractivity contribution in [3.8, 4) is 11.5 Å². The van der Waals surface area contributed by atoms with Gasteiger partial charge in [-0.05, 0) is 54.7 Å². The average Bonchev–Trinajstić information content (AvgIpc) is 2.49. The molecule has 1 aliphatic rings. The fraction of sp³-hybridized carbons (Fsp3) is 0.222. The zero-order chi connectivity index (χ0) is 14.0. The molecule has 2 heteroatoms. The quantitative estimate of drug-likeness (QED) is 0.803. The van der Waals surface area contributed by atoms with Gasteiger partial charge in [-0.3, -0.25) is 0 Å². The maximum atomic E-state index is 9.49. The Kier molecular flexibility index (Phi) is 3.23. The molecule has 2 aromatic carbocycles. The van der Waals surface area contributed by atoms with Crippen molar-refractivity contribution in [1.29, 1.82) is 0 Å². The van der Waals surface area contributed by atoms with Crippen LogP contribution in [-0.4, -0.2) is 10.2 Å². The van der Waals surface area contributed by atoms with Crippen LogP contribution < -0.4 is 0 Å². The molecule has 0 radical (unpaired) electrons. The van der Waals surface area contributed by atoms with Gasteiger partial charge in [-0.25, -0.2) is 0 Å². The average molecular weight is 266 g/mol. The lowest BCUT2D eigenvalue weighted by molar-refractivity contribution is 0.472. The fourth-order valence-corrected chi connectivity index (χ4v) is 3.03. The van der Waals surface area contributed by atoms with Gasteiger partial charge in [0.15, 0.2) is 0 Å². The van der Waals surface area contributed by atoms with Crippen molar-refractivity contribution in [1.82, 2.24) is 0 Å². The molecular weight excluding hydrogens is 248 g/mol. The van der Waals surface area contributed by atoms with E-state index in [1.807, 2.05) is 24.3 Å². The second-order valence-corrected chi connectivity index (χ2v) is 5.36. The van der Waals surface area contributed by atoms with Gasteiger partial charge in [-0.1, -0.05) is 36.4 Å². The summed E-state index contributed by atoms with van der Waals surface area (Å²) in [5.41, 5.74) is 2.20. The summed E-state index contributed by atoms with van der Waals surface area (Å²) in [5.74, 6) is 0.573. The Morgan fingerprint density at radius 1 is 0.750 bits per heavy atom. The lowest BCUT2D eigenvalue weighted by Crippen LogP contribution is -2.27. The lowest BCUT2D eigenvalue weighted by atomic mass is 9.69. The molecule has 0 heterocycles.